The molecule has 0 bridgehead atoms. The van der Waals surface area contributed by atoms with Gasteiger partial charge in [-0.3, -0.25) is 9.59 Å². The summed E-state index contributed by atoms with van der Waals surface area (Å²) < 4.78 is 4.85. The molecule has 4 heterocycles. The van der Waals surface area contributed by atoms with Gasteiger partial charge < -0.3 is 40.2 Å². The molecule has 0 spiro atoms. The predicted octanol–water partition coefficient (Wildman–Crippen LogP) is 8.25. The van der Waals surface area contributed by atoms with Crippen molar-refractivity contribution < 1.29 is 29.0 Å². The second-order valence-electron chi connectivity index (χ2n) is 16.4. The number of carboxylic acid groups (broad SMARTS) is 1. The van der Waals surface area contributed by atoms with Crippen molar-refractivity contribution in [3.05, 3.63) is 121 Å². The van der Waals surface area contributed by atoms with Crippen molar-refractivity contribution in [2.45, 2.75) is 64.2 Å². The number of nitrogens with one attached hydrogen (secondary N) is 4. The number of aromatic amines is 2. The number of hydrogen-bond acceptors (Lipinski definition) is 7. The summed E-state index contributed by atoms with van der Waals surface area (Å²) in [4.78, 5) is 71.1. The lowest BCUT2D eigenvalue weighted by molar-refractivity contribution is -0.136. The summed E-state index contributed by atoms with van der Waals surface area (Å²) in [5.74, 6) is 0.990. The fourth-order valence-electron chi connectivity index (χ4n) is 8.70. The molecule has 14 nitrogen and oxygen atoms in total. The van der Waals surface area contributed by atoms with Gasteiger partial charge in [-0.25, -0.2) is 19.6 Å². The van der Waals surface area contributed by atoms with Crippen LogP contribution in [0.5, 0.6) is 0 Å². The molecule has 2 aliphatic rings. The number of ether oxygens (including phenoxy) is 1. The summed E-state index contributed by atoms with van der Waals surface area (Å²) in [6.07, 6.45) is 4.01. The monoisotopic (exact) mass is 822 g/mol. The first-order chi connectivity index (χ1) is 29.5. The highest BCUT2D eigenvalue weighted by Crippen LogP contribution is 2.38. The lowest BCUT2D eigenvalue weighted by atomic mass is 9.98. The van der Waals surface area contributed by atoms with Gasteiger partial charge in [0.15, 0.2) is 0 Å². The summed E-state index contributed by atoms with van der Waals surface area (Å²) in [7, 11) is 1.28. The van der Waals surface area contributed by atoms with E-state index in [0.717, 1.165) is 63.7 Å². The first-order valence-electron chi connectivity index (χ1n) is 20.7. The third-order valence-corrected chi connectivity index (χ3v) is 11.9. The van der Waals surface area contributed by atoms with E-state index < -0.39 is 24.3 Å². The Balaban J connectivity index is 0.954. The Hall–Kier alpha value is -6.96. The Bertz CT molecular complexity index is 2550. The lowest BCUT2D eigenvalue weighted by Crippen LogP contribution is -2.50. The van der Waals surface area contributed by atoms with Crippen LogP contribution in [0.25, 0.3) is 44.4 Å². The molecule has 0 aliphatic carbocycles. The van der Waals surface area contributed by atoms with E-state index in [1.165, 1.54) is 7.11 Å². The van der Waals surface area contributed by atoms with Crippen molar-refractivity contribution in [3.8, 4) is 33.6 Å². The van der Waals surface area contributed by atoms with Gasteiger partial charge in [-0.05, 0) is 76.3 Å². The number of hydrogen-bond donors (Lipinski definition) is 5. The maximum atomic E-state index is 14.1. The number of alkyl carbamates (subject to hydrolysis) is 1. The number of likely N-dealkylation sites (tertiary alicyclic amines) is 2. The van der Waals surface area contributed by atoms with Gasteiger partial charge in [0.1, 0.15) is 23.7 Å². The molecule has 2 fully saturated rings. The van der Waals surface area contributed by atoms with Crippen molar-refractivity contribution in [3.63, 3.8) is 0 Å². The molecule has 5 atom stereocenters. The van der Waals surface area contributed by atoms with Gasteiger partial charge in [0.25, 0.3) is 5.91 Å². The van der Waals surface area contributed by atoms with Crippen LogP contribution in [0, 0.1) is 11.8 Å². The molecular weight excluding hydrogens is 773 g/mol. The number of benzene rings is 4. The highest BCUT2D eigenvalue weighted by Gasteiger charge is 2.40. The minimum atomic E-state index is -1.21. The van der Waals surface area contributed by atoms with Crippen LogP contribution in [0.2, 0.25) is 0 Å². The molecule has 2 aromatic heterocycles. The standard InChI is InChI=1S/C47H50N8O6/c1-27(2)40(52-46(58)59)44(56)54-20-8-11-38(54)42-48-25-37(51-42)35-19-18-33-22-32(16-17-34(33)23-35)29-12-14-30(15-13-29)36-24-49-43(50-36)39-21-28(3)26-55(39)45(57)41(53-47(60)61-4)31-9-6-5-7-10-31/h5-7,9-10,12-19,22-25,27-28,38-41,52H,8,11,20-21,26H2,1-4H3,(H,48,51)(H,49,50)(H,53,60)(H,58,59). The molecule has 5 unspecified atom stereocenters. The maximum absolute atomic E-state index is 14.1. The maximum Gasteiger partial charge on any atom is 0.407 e. The van der Waals surface area contributed by atoms with Crippen LogP contribution in [-0.4, -0.2) is 85.1 Å². The van der Waals surface area contributed by atoms with Crippen molar-refractivity contribution in [2.24, 2.45) is 11.8 Å². The van der Waals surface area contributed by atoms with Gasteiger partial charge in [0.2, 0.25) is 5.91 Å². The van der Waals surface area contributed by atoms with Crippen LogP contribution in [-0.2, 0) is 14.3 Å². The highest BCUT2D eigenvalue weighted by atomic mass is 16.5. The molecule has 5 N–H and O–H groups in total. The van der Waals surface area contributed by atoms with Crippen LogP contribution in [0.3, 0.4) is 0 Å². The van der Waals surface area contributed by atoms with Crippen LogP contribution >= 0.6 is 0 Å². The number of nitrogens with zero attached hydrogens (tertiary/aromatic N) is 4. The SMILES string of the molecule is COC(=O)NC(C(=O)N1CC(C)CC1c1ncc(-c2ccc(-c3ccc4cc(-c5cnc(C6CCCN6C(=O)C(NC(=O)O)C(C)C)[nH]5)ccc4c3)cc2)[nH]1)c1ccccc1. The second kappa shape index (κ2) is 17.3. The molecule has 0 radical (unpaired) electrons. The van der Waals surface area contributed by atoms with E-state index in [0.29, 0.717) is 30.3 Å². The summed E-state index contributed by atoms with van der Waals surface area (Å²) in [6.45, 7) is 6.87. The van der Waals surface area contributed by atoms with Gasteiger partial charge in [-0.1, -0.05) is 99.6 Å². The Morgan fingerprint density at radius 3 is 2.02 bits per heavy atom. The third-order valence-electron chi connectivity index (χ3n) is 11.9. The average molecular weight is 823 g/mol. The molecule has 0 saturated carbocycles. The van der Waals surface area contributed by atoms with Gasteiger partial charge in [0.05, 0.1) is 43.0 Å². The molecule has 6 aromatic rings. The van der Waals surface area contributed by atoms with E-state index in [9.17, 15) is 24.3 Å². The molecule has 14 heteroatoms. The quantitative estimate of drug-likeness (QED) is 0.0865. The zero-order valence-corrected chi connectivity index (χ0v) is 34.6. The smallest absolute Gasteiger partial charge is 0.407 e. The number of aromatic nitrogens is 4. The first kappa shape index (κ1) is 40.8. The normalized spacial score (nSPS) is 18.6. The van der Waals surface area contributed by atoms with E-state index in [2.05, 4.69) is 93.2 Å². The number of carbonyl (C=O) groups is 4. The Morgan fingerprint density at radius 1 is 0.754 bits per heavy atom. The number of imidazole rings is 2. The Labute approximate surface area is 353 Å². The molecule has 2 saturated heterocycles. The van der Waals surface area contributed by atoms with Gasteiger partial charge in [-0.2, -0.15) is 0 Å². The summed E-state index contributed by atoms with van der Waals surface area (Å²) in [6, 6.07) is 27.9. The highest BCUT2D eigenvalue weighted by molar-refractivity contribution is 5.91. The van der Waals surface area contributed by atoms with E-state index in [4.69, 9.17) is 9.72 Å². The second-order valence-corrected chi connectivity index (χ2v) is 16.4. The number of H-pyrrole nitrogens is 2. The number of rotatable bonds is 11. The summed E-state index contributed by atoms with van der Waals surface area (Å²) in [5.41, 5.74) is 6.44. The zero-order chi connectivity index (χ0) is 42.8. The summed E-state index contributed by atoms with van der Waals surface area (Å²) in [5, 5.41) is 16.6. The Kier molecular flexibility index (Phi) is 11.6. The lowest BCUT2D eigenvalue weighted by Gasteiger charge is -2.29. The van der Waals surface area contributed by atoms with Gasteiger partial charge in [0, 0.05) is 18.7 Å². The van der Waals surface area contributed by atoms with Gasteiger partial charge >= 0.3 is 12.2 Å². The minimum Gasteiger partial charge on any atom is -0.465 e. The number of methoxy groups -OCH3 is 1. The average Bonchev–Trinajstić information content (AvgIpc) is 4.11. The molecular formula is C47H50N8O6. The molecule has 61 heavy (non-hydrogen) atoms. The van der Waals surface area contributed by atoms with Crippen LogP contribution < -0.4 is 10.6 Å². The van der Waals surface area contributed by atoms with E-state index in [1.807, 2.05) is 44.2 Å². The first-order valence-corrected chi connectivity index (χ1v) is 20.7. The van der Waals surface area contributed by atoms with Crippen molar-refractivity contribution in [1.82, 2.24) is 40.4 Å². The summed E-state index contributed by atoms with van der Waals surface area (Å²) >= 11 is 0. The Morgan fingerprint density at radius 2 is 1.36 bits per heavy atom. The van der Waals surface area contributed by atoms with Crippen molar-refractivity contribution in [1.29, 1.82) is 0 Å². The van der Waals surface area contributed by atoms with Crippen LogP contribution in [0.15, 0.2) is 103 Å². The topological polar surface area (TPSA) is 186 Å². The van der Waals surface area contributed by atoms with Crippen molar-refractivity contribution in [2.75, 3.05) is 20.2 Å². The molecule has 8 rings (SSSR count). The van der Waals surface area contributed by atoms with E-state index in [1.54, 1.807) is 22.2 Å². The number of amides is 4. The third kappa shape index (κ3) is 8.56. The van der Waals surface area contributed by atoms with Crippen LogP contribution in [0.1, 0.15) is 75.4 Å². The molecule has 4 aromatic carbocycles. The van der Waals surface area contributed by atoms with Crippen molar-refractivity contribution >= 4 is 34.8 Å². The van der Waals surface area contributed by atoms with Gasteiger partial charge in [-0.15, -0.1) is 0 Å². The molecule has 314 valence electrons. The largest absolute Gasteiger partial charge is 0.465 e. The van der Waals surface area contributed by atoms with E-state index in [-0.39, 0.29) is 35.7 Å². The zero-order valence-electron chi connectivity index (χ0n) is 34.6. The van der Waals surface area contributed by atoms with E-state index >= 15 is 0 Å². The fourth-order valence-corrected chi connectivity index (χ4v) is 8.70. The van der Waals surface area contributed by atoms with Crippen LogP contribution in [0.4, 0.5) is 9.59 Å². The molecule has 4 amide bonds. The number of carbonyl (C=O) groups excluding carboxylic acids is 3. The fraction of sp³-hybridized carbons (Fsp3) is 0.319. The molecule has 2 aliphatic heterocycles. The minimum absolute atomic E-state index is 0.190. The number of fused-ring (bicyclic) bond motifs is 1. The predicted molar refractivity (Wildman–Crippen MR) is 231 cm³/mol.